The summed E-state index contributed by atoms with van der Waals surface area (Å²) in [7, 11) is 0. The van der Waals surface area contributed by atoms with E-state index in [9.17, 15) is 22.4 Å². The van der Waals surface area contributed by atoms with E-state index in [0.717, 1.165) is 12.1 Å². The molecule has 0 heterocycles. The molecule has 1 aliphatic rings. The highest BCUT2D eigenvalue weighted by molar-refractivity contribution is 5.88. The Morgan fingerprint density at radius 1 is 1.24 bits per heavy atom. The van der Waals surface area contributed by atoms with Crippen LogP contribution in [-0.4, -0.2) is 30.1 Å². The summed E-state index contributed by atoms with van der Waals surface area (Å²) in [5.74, 6) is -2.31. The maximum absolute atomic E-state index is 13.5. The molecule has 0 aliphatic heterocycles. The fourth-order valence-electron chi connectivity index (χ4n) is 2.82. The third-order valence-corrected chi connectivity index (χ3v) is 4.17. The van der Waals surface area contributed by atoms with Gasteiger partial charge in [0.2, 0.25) is 5.91 Å². The highest BCUT2D eigenvalue weighted by atomic mass is 19.4. The Labute approximate surface area is 120 Å². The monoisotopic (exact) mass is 303 g/mol. The number of benzene rings is 1. The summed E-state index contributed by atoms with van der Waals surface area (Å²) in [5, 5.41) is 0. The zero-order valence-electron chi connectivity index (χ0n) is 11.9. The van der Waals surface area contributed by atoms with E-state index < -0.39 is 29.2 Å². The van der Waals surface area contributed by atoms with Gasteiger partial charge >= 0.3 is 6.18 Å². The Morgan fingerprint density at radius 3 is 2.19 bits per heavy atom. The van der Waals surface area contributed by atoms with Gasteiger partial charge in [-0.05, 0) is 38.0 Å². The molecule has 0 saturated heterocycles. The quantitative estimate of drug-likeness (QED) is 0.776. The summed E-state index contributed by atoms with van der Waals surface area (Å²) in [6.07, 6.45) is -4.87. The van der Waals surface area contributed by atoms with Crippen molar-refractivity contribution in [3.05, 3.63) is 35.6 Å². The van der Waals surface area contributed by atoms with Crippen molar-refractivity contribution in [3.63, 3.8) is 0 Å². The van der Waals surface area contributed by atoms with Crippen LogP contribution in [0.4, 0.5) is 17.6 Å². The van der Waals surface area contributed by atoms with E-state index >= 15 is 0 Å². The van der Waals surface area contributed by atoms with Crippen LogP contribution in [0.5, 0.6) is 0 Å². The lowest BCUT2D eigenvalue weighted by atomic mass is 9.96. The summed E-state index contributed by atoms with van der Waals surface area (Å²) in [6, 6.07) is 4.89. The Hall–Kier alpha value is -1.59. The summed E-state index contributed by atoms with van der Waals surface area (Å²) in [5.41, 5.74) is -1.99. The molecule has 2 atom stereocenters. The first-order chi connectivity index (χ1) is 9.77. The molecular weight excluding hydrogens is 286 g/mol. The van der Waals surface area contributed by atoms with E-state index in [2.05, 4.69) is 0 Å². The van der Waals surface area contributed by atoms with Crippen molar-refractivity contribution in [2.45, 2.75) is 32.4 Å². The van der Waals surface area contributed by atoms with E-state index in [1.807, 2.05) is 0 Å². The minimum Gasteiger partial charge on any atom is -0.342 e. The number of nitrogens with zero attached hydrogens (tertiary/aromatic N) is 1. The summed E-state index contributed by atoms with van der Waals surface area (Å²) < 4.78 is 53.3. The molecule has 1 aromatic rings. The molecule has 0 spiro atoms. The van der Waals surface area contributed by atoms with Gasteiger partial charge in [0.1, 0.15) is 5.82 Å². The van der Waals surface area contributed by atoms with Crippen LogP contribution in [-0.2, 0) is 4.79 Å². The van der Waals surface area contributed by atoms with Crippen LogP contribution in [0.1, 0.15) is 31.7 Å². The van der Waals surface area contributed by atoms with Crippen LogP contribution in [0, 0.1) is 11.2 Å². The molecule has 1 aliphatic carbocycles. The van der Waals surface area contributed by atoms with Crippen molar-refractivity contribution in [3.8, 4) is 0 Å². The molecular formula is C15H17F4NO. The fourth-order valence-corrected chi connectivity index (χ4v) is 2.82. The second-order valence-corrected chi connectivity index (χ2v) is 5.25. The first-order valence-electron chi connectivity index (χ1n) is 6.89. The van der Waals surface area contributed by atoms with Gasteiger partial charge in [0.05, 0.1) is 0 Å². The lowest BCUT2D eigenvalue weighted by molar-refractivity contribution is -0.199. The molecule has 1 aromatic carbocycles. The molecule has 0 radical (unpaired) electrons. The van der Waals surface area contributed by atoms with E-state index in [1.165, 1.54) is 17.0 Å². The number of alkyl halides is 3. The highest BCUT2D eigenvalue weighted by Crippen LogP contribution is 2.68. The van der Waals surface area contributed by atoms with E-state index in [1.54, 1.807) is 13.8 Å². The average Bonchev–Trinajstić information content (AvgIpc) is 3.17. The van der Waals surface area contributed by atoms with Crippen molar-refractivity contribution in [1.82, 2.24) is 4.90 Å². The molecule has 1 saturated carbocycles. The molecule has 0 bridgehead atoms. The van der Waals surface area contributed by atoms with Gasteiger partial charge in [-0.2, -0.15) is 13.2 Å². The van der Waals surface area contributed by atoms with Crippen LogP contribution in [0.2, 0.25) is 0 Å². The lowest BCUT2D eigenvalue weighted by Gasteiger charge is -2.27. The molecule has 21 heavy (non-hydrogen) atoms. The molecule has 0 N–H and O–H groups in total. The van der Waals surface area contributed by atoms with Gasteiger partial charge in [-0.15, -0.1) is 0 Å². The molecule has 0 aromatic heterocycles. The first kappa shape index (κ1) is 15.8. The van der Waals surface area contributed by atoms with Gasteiger partial charge in [-0.1, -0.05) is 12.1 Å². The summed E-state index contributed by atoms with van der Waals surface area (Å²) in [4.78, 5) is 13.5. The van der Waals surface area contributed by atoms with Crippen molar-refractivity contribution in [1.29, 1.82) is 0 Å². The predicted octanol–water partition coefficient (Wildman–Crippen LogP) is 3.73. The van der Waals surface area contributed by atoms with Crippen LogP contribution < -0.4 is 0 Å². The fraction of sp³-hybridized carbons (Fsp3) is 0.533. The zero-order chi connectivity index (χ0) is 15.8. The molecule has 0 unspecified atom stereocenters. The predicted molar refractivity (Wildman–Crippen MR) is 70.2 cm³/mol. The third kappa shape index (κ3) is 2.51. The smallest absolute Gasteiger partial charge is 0.342 e. The second-order valence-electron chi connectivity index (χ2n) is 5.25. The SMILES string of the molecule is CCN(CC)C(=O)[C@@]1(C(F)(F)F)C[C@@H]1c1ccc(F)cc1. The number of halogens is 4. The summed E-state index contributed by atoms with van der Waals surface area (Å²) in [6.45, 7) is 3.79. The average molecular weight is 303 g/mol. The number of amides is 1. The van der Waals surface area contributed by atoms with Gasteiger partial charge in [-0.25, -0.2) is 4.39 Å². The Kier molecular flexibility index (Phi) is 4.00. The Morgan fingerprint density at radius 2 is 1.76 bits per heavy atom. The van der Waals surface area contributed by atoms with Gasteiger partial charge in [0.15, 0.2) is 5.41 Å². The van der Waals surface area contributed by atoms with Gasteiger partial charge in [0, 0.05) is 19.0 Å². The molecule has 1 fully saturated rings. The van der Waals surface area contributed by atoms with Gasteiger partial charge in [0.25, 0.3) is 0 Å². The molecule has 116 valence electrons. The van der Waals surface area contributed by atoms with Crippen molar-refractivity contribution < 1.29 is 22.4 Å². The number of hydrogen-bond acceptors (Lipinski definition) is 1. The summed E-state index contributed by atoms with van der Waals surface area (Å²) >= 11 is 0. The normalized spacial score (nSPS) is 24.8. The van der Waals surface area contributed by atoms with Gasteiger partial charge in [-0.3, -0.25) is 4.79 Å². The maximum atomic E-state index is 13.5. The molecule has 6 heteroatoms. The molecule has 1 amide bonds. The maximum Gasteiger partial charge on any atom is 0.403 e. The highest BCUT2D eigenvalue weighted by Gasteiger charge is 2.76. The second kappa shape index (κ2) is 5.31. The van der Waals surface area contributed by atoms with Crippen molar-refractivity contribution in [2.75, 3.05) is 13.1 Å². The van der Waals surface area contributed by atoms with Crippen molar-refractivity contribution >= 4 is 5.91 Å². The van der Waals surface area contributed by atoms with Crippen LogP contribution in [0.25, 0.3) is 0 Å². The molecule has 2 nitrogen and oxygen atoms in total. The van der Waals surface area contributed by atoms with E-state index in [0.29, 0.717) is 5.56 Å². The minimum atomic E-state index is -4.61. The zero-order valence-corrected chi connectivity index (χ0v) is 11.9. The standard InChI is InChI=1S/C15H17F4NO/c1-3-20(4-2)13(21)14(15(17,18)19)9-12(14)10-5-7-11(16)8-6-10/h5-8,12H,3-4,9H2,1-2H3/t12-,14-/m1/s1. The van der Waals surface area contributed by atoms with Crippen LogP contribution in [0.15, 0.2) is 24.3 Å². The van der Waals surface area contributed by atoms with Crippen molar-refractivity contribution in [2.24, 2.45) is 5.41 Å². The topological polar surface area (TPSA) is 20.3 Å². The van der Waals surface area contributed by atoms with Gasteiger partial charge < -0.3 is 4.90 Å². The number of carbonyl (C=O) groups is 1. The largest absolute Gasteiger partial charge is 0.403 e. The van der Waals surface area contributed by atoms with E-state index in [-0.39, 0.29) is 19.5 Å². The van der Waals surface area contributed by atoms with E-state index in [4.69, 9.17) is 0 Å². The Balaban J connectivity index is 2.35. The first-order valence-corrected chi connectivity index (χ1v) is 6.89. The molecule has 2 rings (SSSR count). The Bertz CT molecular complexity index is 521. The van der Waals surface area contributed by atoms with Crippen LogP contribution >= 0.6 is 0 Å². The third-order valence-electron chi connectivity index (χ3n) is 4.17. The van der Waals surface area contributed by atoms with Crippen LogP contribution in [0.3, 0.4) is 0 Å². The lowest BCUT2D eigenvalue weighted by Crippen LogP contribution is -2.45. The number of rotatable bonds is 4. The minimum absolute atomic E-state index is 0.239. The number of carbonyl (C=O) groups excluding carboxylic acids is 1. The number of hydrogen-bond donors (Lipinski definition) is 0.